The number of rotatable bonds is 6. The Labute approximate surface area is 158 Å². The van der Waals surface area contributed by atoms with Gasteiger partial charge in [0.05, 0.1) is 22.0 Å². The number of halogens is 1. The van der Waals surface area contributed by atoms with Crippen molar-refractivity contribution in [2.45, 2.75) is 11.4 Å². The van der Waals surface area contributed by atoms with Gasteiger partial charge in [-0.3, -0.25) is 9.10 Å². The Morgan fingerprint density at radius 3 is 2.58 bits per heavy atom. The second kappa shape index (κ2) is 7.56. The van der Waals surface area contributed by atoms with E-state index in [1.807, 2.05) is 17.5 Å². The van der Waals surface area contributed by atoms with Crippen LogP contribution in [0.15, 0.2) is 58.1 Å². The number of carbonyl (C=O) groups is 1. The van der Waals surface area contributed by atoms with Crippen molar-refractivity contribution in [2.75, 3.05) is 11.4 Å². The molecule has 2 heterocycles. The van der Waals surface area contributed by atoms with Crippen LogP contribution in [0.2, 0.25) is 0 Å². The average Bonchev–Trinajstić information content (AvgIpc) is 3.31. The first-order chi connectivity index (χ1) is 12.4. The summed E-state index contributed by atoms with van der Waals surface area (Å²) in [6.45, 7) is 0.395. The molecule has 26 heavy (non-hydrogen) atoms. The van der Waals surface area contributed by atoms with E-state index in [2.05, 4.69) is 5.32 Å². The summed E-state index contributed by atoms with van der Waals surface area (Å²) in [6, 6.07) is 10.3. The largest absolute Gasteiger partial charge is 0.346 e. The Morgan fingerprint density at radius 2 is 1.92 bits per heavy atom. The number of hydrogen-bond donors (Lipinski definition) is 1. The maximum atomic E-state index is 13.0. The Bertz CT molecular complexity index is 996. The van der Waals surface area contributed by atoms with Crippen LogP contribution in [-0.4, -0.2) is 21.4 Å². The summed E-state index contributed by atoms with van der Waals surface area (Å²) in [7, 11) is -2.45. The molecule has 0 spiro atoms. The highest BCUT2D eigenvalue weighted by atomic mass is 32.2. The number of amides is 1. The van der Waals surface area contributed by atoms with Gasteiger partial charge >= 0.3 is 0 Å². The van der Waals surface area contributed by atoms with Crippen LogP contribution < -0.4 is 9.62 Å². The minimum atomic E-state index is -3.83. The number of carbonyl (C=O) groups excluding carboxylic acids is 1. The van der Waals surface area contributed by atoms with Crippen molar-refractivity contribution in [1.82, 2.24) is 5.32 Å². The summed E-state index contributed by atoms with van der Waals surface area (Å²) in [5, 5.41) is 6.11. The van der Waals surface area contributed by atoms with Gasteiger partial charge in [-0.2, -0.15) is 0 Å². The van der Waals surface area contributed by atoms with Gasteiger partial charge in [0, 0.05) is 17.3 Å². The van der Waals surface area contributed by atoms with Crippen LogP contribution in [0.25, 0.3) is 0 Å². The van der Waals surface area contributed by atoms with Crippen LogP contribution in [0.3, 0.4) is 0 Å². The number of nitrogens with zero attached hydrogens (tertiary/aromatic N) is 1. The van der Waals surface area contributed by atoms with Gasteiger partial charge in [-0.05, 0) is 41.8 Å². The molecular weight excluding hydrogens is 395 g/mol. The lowest BCUT2D eigenvalue weighted by atomic mass is 10.3. The van der Waals surface area contributed by atoms with Gasteiger partial charge < -0.3 is 5.32 Å². The quantitative estimate of drug-likeness (QED) is 0.674. The first-order valence-corrected chi connectivity index (χ1v) is 10.7. The fourth-order valence-corrected chi connectivity index (χ4v) is 5.21. The highest BCUT2D eigenvalue weighted by molar-refractivity contribution is 7.93. The molecule has 0 radical (unpaired) electrons. The van der Waals surface area contributed by atoms with Crippen LogP contribution >= 0.6 is 22.7 Å². The molecule has 0 atom stereocenters. The molecule has 0 aliphatic heterocycles. The summed E-state index contributed by atoms with van der Waals surface area (Å²) in [5.41, 5.74) is 0.335. The van der Waals surface area contributed by atoms with E-state index in [4.69, 9.17) is 0 Å². The minimum Gasteiger partial charge on any atom is -0.346 e. The third-order valence-corrected chi connectivity index (χ3v) is 7.37. The van der Waals surface area contributed by atoms with Crippen molar-refractivity contribution in [2.24, 2.45) is 0 Å². The molecule has 0 fully saturated rings. The van der Waals surface area contributed by atoms with Gasteiger partial charge in [0.2, 0.25) is 0 Å². The summed E-state index contributed by atoms with van der Waals surface area (Å²) in [6.07, 6.45) is 0. The van der Waals surface area contributed by atoms with Gasteiger partial charge in [0.15, 0.2) is 0 Å². The standard InChI is InChI=1S/C17H15FN2O3S3/c1-20(13-6-4-12(18)5-7-13)26(22,23)15-9-16(25-11-15)17(21)19-10-14-3-2-8-24-14/h2-9,11H,10H2,1H3,(H,19,21). The molecule has 0 saturated heterocycles. The SMILES string of the molecule is CN(c1ccc(F)cc1)S(=O)(=O)c1csc(C(=O)NCc2cccs2)c1. The Kier molecular flexibility index (Phi) is 5.40. The number of thiophene rings is 2. The van der Waals surface area contributed by atoms with Crippen LogP contribution in [0, 0.1) is 5.82 Å². The van der Waals surface area contributed by atoms with Gasteiger partial charge in [-0.1, -0.05) is 6.07 Å². The molecular formula is C17H15FN2O3S3. The van der Waals surface area contributed by atoms with Gasteiger partial charge in [-0.15, -0.1) is 22.7 Å². The third kappa shape index (κ3) is 3.95. The highest BCUT2D eigenvalue weighted by Crippen LogP contribution is 2.26. The van der Waals surface area contributed by atoms with E-state index in [1.54, 1.807) is 0 Å². The number of hydrogen-bond acceptors (Lipinski definition) is 5. The molecule has 0 saturated carbocycles. The number of nitrogens with one attached hydrogen (secondary N) is 1. The fourth-order valence-electron chi connectivity index (χ4n) is 2.19. The molecule has 1 amide bonds. The van der Waals surface area contributed by atoms with Crippen molar-refractivity contribution in [3.8, 4) is 0 Å². The lowest BCUT2D eigenvalue weighted by Gasteiger charge is -2.18. The Morgan fingerprint density at radius 1 is 1.19 bits per heavy atom. The highest BCUT2D eigenvalue weighted by Gasteiger charge is 2.24. The molecule has 0 aliphatic rings. The van der Waals surface area contributed by atoms with E-state index in [0.717, 1.165) is 20.5 Å². The molecule has 0 unspecified atom stereocenters. The fraction of sp³-hybridized carbons (Fsp3) is 0.118. The minimum absolute atomic E-state index is 0.0237. The molecule has 3 rings (SSSR count). The second-order valence-electron chi connectivity index (χ2n) is 5.36. The molecule has 5 nitrogen and oxygen atoms in total. The number of benzene rings is 1. The summed E-state index contributed by atoms with van der Waals surface area (Å²) >= 11 is 2.59. The molecule has 0 aliphatic carbocycles. The van der Waals surface area contributed by atoms with E-state index in [1.165, 1.54) is 54.1 Å². The lowest BCUT2D eigenvalue weighted by molar-refractivity contribution is 0.0955. The van der Waals surface area contributed by atoms with Gasteiger partial charge in [-0.25, -0.2) is 12.8 Å². The Hall–Kier alpha value is -2.23. The van der Waals surface area contributed by atoms with Crippen molar-refractivity contribution in [3.63, 3.8) is 0 Å². The zero-order chi connectivity index (χ0) is 18.7. The molecule has 1 aromatic carbocycles. The zero-order valence-corrected chi connectivity index (χ0v) is 16.1. The molecule has 3 aromatic rings. The normalized spacial score (nSPS) is 11.3. The predicted octanol–water partition coefficient (Wildman–Crippen LogP) is 3.70. The summed E-state index contributed by atoms with van der Waals surface area (Å²) in [5.74, 6) is -0.769. The van der Waals surface area contributed by atoms with Crippen molar-refractivity contribution in [1.29, 1.82) is 0 Å². The van der Waals surface area contributed by atoms with E-state index in [9.17, 15) is 17.6 Å². The molecule has 2 aromatic heterocycles. The van der Waals surface area contributed by atoms with E-state index >= 15 is 0 Å². The molecule has 0 bridgehead atoms. The number of anilines is 1. The smallest absolute Gasteiger partial charge is 0.264 e. The summed E-state index contributed by atoms with van der Waals surface area (Å²) in [4.78, 5) is 13.6. The van der Waals surface area contributed by atoms with Crippen molar-refractivity contribution >= 4 is 44.3 Å². The lowest BCUT2D eigenvalue weighted by Crippen LogP contribution is -2.26. The van der Waals surface area contributed by atoms with Crippen molar-refractivity contribution in [3.05, 3.63) is 68.8 Å². The first kappa shape index (κ1) is 18.6. The topological polar surface area (TPSA) is 66.5 Å². The van der Waals surface area contributed by atoms with Gasteiger partial charge in [0.25, 0.3) is 15.9 Å². The molecule has 1 N–H and O–H groups in total. The first-order valence-electron chi connectivity index (χ1n) is 7.51. The van der Waals surface area contributed by atoms with Crippen LogP contribution in [-0.2, 0) is 16.6 Å². The molecule has 9 heteroatoms. The van der Waals surface area contributed by atoms with E-state index < -0.39 is 15.8 Å². The predicted molar refractivity (Wildman–Crippen MR) is 102 cm³/mol. The maximum Gasteiger partial charge on any atom is 0.264 e. The van der Waals surface area contributed by atoms with Crippen LogP contribution in [0.4, 0.5) is 10.1 Å². The zero-order valence-electron chi connectivity index (χ0n) is 13.7. The van der Waals surface area contributed by atoms with E-state index in [-0.39, 0.29) is 10.8 Å². The van der Waals surface area contributed by atoms with Crippen LogP contribution in [0.5, 0.6) is 0 Å². The van der Waals surface area contributed by atoms with Crippen LogP contribution in [0.1, 0.15) is 14.5 Å². The average molecular weight is 411 g/mol. The monoisotopic (exact) mass is 410 g/mol. The molecule has 136 valence electrons. The van der Waals surface area contributed by atoms with E-state index in [0.29, 0.717) is 17.1 Å². The van der Waals surface area contributed by atoms with Gasteiger partial charge in [0.1, 0.15) is 5.82 Å². The van der Waals surface area contributed by atoms with Crippen molar-refractivity contribution < 1.29 is 17.6 Å². The Balaban J connectivity index is 1.74. The second-order valence-corrected chi connectivity index (χ2v) is 9.27. The number of sulfonamides is 1. The maximum absolute atomic E-state index is 13.0. The third-order valence-electron chi connectivity index (χ3n) is 3.65. The summed E-state index contributed by atoms with van der Waals surface area (Å²) < 4.78 is 39.5.